The number of hydrogen-bond acceptors (Lipinski definition) is 3. The number of hydrogen-bond donors (Lipinski definition) is 0. The van der Waals surface area contributed by atoms with Gasteiger partial charge in [0.15, 0.2) is 0 Å². The van der Waals surface area contributed by atoms with Crippen molar-refractivity contribution in [3.8, 4) is 6.07 Å². The van der Waals surface area contributed by atoms with Crippen LogP contribution in [-0.4, -0.2) is 9.55 Å². The van der Waals surface area contributed by atoms with E-state index in [1.54, 1.807) is 29.7 Å². The van der Waals surface area contributed by atoms with E-state index >= 15 is 0 Å². The Bertz CT molecular complexity index is 728. The highest BCUT2D eigenvalue weighted by Gasteiger charge is 2.07. The molecule has 0 saturated carbocycles. The summed E-state index contributed by atoms with van der Waals surface area (Å²) in [5.41, 5.74) is 2.52. The summed E-state index contributed by atoms with van der Waals surface area (Å²) in [7, 11) is 0. The molecular weight excluding hydrogens is 262 g/mol. The topological polar surface area (TPSA) is 58.7 Å². The third-order valence-corrected chi connectivity index (χ3v) is 3.21. The number of halogens is 1. The molecule has 2 rings (SSSR count). The van der Waals surface area contributed by atoms with Gasteiger partial charge >= 0.3 is 5.69 Å². The number of aryl methyl sites for hydroxylation is 2. The molecule has 0 unspecified atom stereocenters. The average molecular weight is 274 g/mol. The zero-order valence-electron chi connectivity index (χ0n) is 10.6. The normalized spacial score (nSPS) is 10.2. The number of nitriles is 1. The largest absolute Gasteiger partial charge is 0.348 e. The molecule has 0 aliphatic heterocycles. The highest BCUT2D eigenvalue weighted by molar-refractivity contribution is 6.31. The fraction of sp³-hybridized carbons (Fsp3) is 0.214. The molecule has 0 aliphatic carbocycles. The lowest BCUT2D eigenvalue weighted by Crippen LogP contribution is -2.26. The molecule has 0 aliphatic rings. The van der Waals surface area contributed by atoms with Gasteiger partial charge in [-0.05, 0) is 37.6 Å². The molecule has 0 saturated heterocycles. The van der Waals surface area contributed by atoms with Crippen LogP contribution in [0.15, 0.2) is 29.1 Å². The summed E-state index contributed by atoms with van der Waals surface area (Å²) < 4.78 is 1.56. The molecule has 0 atom stereocenters. The van der Waals surface area contributed by atoms with Crippen LogP contribution >= 0.6 is 11.6 Å². The monoisotopic (exact) mass is 273 g/mol. The predicted octanol–water partition coefficient (Wildman–Crippen LogP) is 2.43. The van der Waals surface area contributed by atoms with Crippen molar-refractivity contribution in [3.05, 3.63) is 62.3 Å². The van der Waals surface area contributed by atoms with Crippen molar-refractivity contribution in [3.63, 3.8) is 0 Å². The lowest BCUT2D eigenvalue weighted by molar-refractivity contribution is 0.694. The number of rotatable bonds is 2. The molecule has 0 radical (unpaired) electrons. The Labute approximate surface area is 115 Å². The first-order chi connectivity index (χ1) is 9.01. The molecule has 0 fully saturated rings. The first-order valence-electron chi connectivity index (χ1n) is 5.75. The van der Waals surface area contributed by atoms with Crippen molar-refractivity contribution < 1.29 is 0 Å². The van der Waals surface area contributed by atoms with Gasteiger partial charge in [-0.2, -0.15) is 10.2 Å². The molecule has 1 aromatic heterocycles. The van der Waals surface area contributed by atoms with Crippen molar-refractivity contribution in [1.82, 2.24) is 9.55 Å². The van der Waals surface area contributed by atoms with Crippen molar-refractivity contribution in [1.29, 1.82) is 5.26 Å². The predicted molar refractivity (Wildman–Crippen MR) is 73.2 cm³/mol. The fourth-order valence-electron chi connectivity index (χ4n) is 1.88. The van der Waals surface area contributed by atoms with Gasteiger partial charge in [0.05, 0.1) is 18.2 Å². The lowest BCUT2D eigenvalue weighted by atomic mass is 10.1. The van der Waals surface area contributed by atoms with Gasteiger partial charge in [-0.25, -0.2) is 4.79 Å². The van der Waals surface area contributed by atoms with Crippen molar-refractivity contribution in [2.45, 2.75) is 20.4 Å². The van der Waals surface area contributed by atoms with E-state index in [9.17, 15) is 4.79 Å². The molecule has 1 heterocycles. The highest BCUT2D eigenvalue weighted by Crippen LogP contribution is 2.18. The number of aromatic nitrogens is 2. The van der Waals surface area contributed by atoms with E-state index < -0.39 is 0 Å². The van der Waals surface area contributed by atoms with Crippen LogP contribution in [0.2, 0.25) is 5.02 Å². The molecule has 5 heteroatoms. The van der Waals surface area contributed by atoms with E-state index in [4.69, 9.17) is 16.9 Å². The van der Waals surface area contributed by atoms with Gasteiger partial charge in [-0.3, -0.25) is 4.57 Å². The number of nitrogens with zero attached hydrogens (tertiary/aromatic N) is 3. The van der Waals surface area contributed by atoms with Crippen molar-refractivity contribution in [2.75, 3.05) is 0 Å². The zero-order chi connectivity index (χ0) is 14.0. The van der Waals surface area contributed by atoms with Gasteiger partial charge in [-0.1, -0.05) is 17.7 Å². The Morgan fingerprint density at radius 3 is 2.68 bits per heavy atom. The molecule has 0 bridgehead atoms. The van der Waals surface area contributed by atoms with Crippen molar-refractivity contribution >= 4 is 11.6 Å². The highest BCUT2D eigenvalue weighted by atomic mass is 35.5. The molecule has 1 aromatic carbocycles. The fourth-order valence-corrected chi connectivity index (χ4v) is 2.12. The molecule has 96 valence electrons. The quantitative estimate of drug-likeness (QED) is 0.844. The van der Waals surface area contributed by atoms with Crippen molar-refractivity contribution in [2.24, 2.45) is 0 Å². The van der Waals surface area contributed by atoms with Gasteiger partial charge in [0.2, 0.25) is 0 Å². The zero-order valence-corrected chi connectivity index (χ0v) is 11.4. The third-order valence-electron chi connectivity index (χ3n) is 2.86. The van der Waals surface area contributed by atoms with Crippen LogP contribution in [0.5, 0.6) is 0 Å². The van der Waals surface area contributed by atoms with E-state index in [-0.39, 0.29) is 5.69 Å². The van der Waals surface area contributed by atoms with Gasteiger partial charge in [0.1, 0.15) is 0 Å². The molecule has 0 amide bonds. The van der Waals surface area contributed by atoms with Gasteiger partial charge < -0.3 is 0 Å². The standard InChI is InChI=1S/C14H12ClN3O/c1-9-5-10(2)18(14(19)17-9)8-12-4-3-11(7-16)6-13(12)15/h3-6H,8H2,1-2H3. The minimum Gasteiger partial charge on any atom is -0.292 e. The van der Waals surface area contributed by atoms with E-state index in [0.717, 1.165) is 11.3 Å². The van der Waals surface area contributed by atoms with Crippen LogP contribution in [0.4, 0.5) is 0 Å². The summed E-state index contributed by atoms with van der Waals surface area (Å²) in [5.74, 6) is 0. The first kappa shape index (κ1) is 13.3. The SMILES string of the molecule is Cc1cc(C)n(Cc2ccc(C#N)cc2Cl)c(=O)n1. The van der Waals surface area contributed by atoms with Crippen LogP contribution < -0.4 is 5.69 Å². The Morgan fingerprint density at radius 1 is 1.37 bits per heavy atom. The molecule has 2 aromatic rings. The summed E-state index contributed by atoms with van der Waals surface area (Å²) in [6.45, 7) is 3.99. The Hall–Kier alpha value is -2.12. The third kappa shape index (κ3) is 2.83. The lowest BCUT2D eigenvalue weighted by Gasteiger charge is -2.11. The maximum absolute atomic E-state index is 11.9. The van der Waals surface area contributed by atoms with E-state index in [0.29, 0.717) is 22.8 Å². The number of benzene rings is 1. The molecule has 4 nitrogen and oxygen atoms in total. The van der Waals surface area contributed by atoms with E-state index in [1.165, 1.54) is 0 Å². The Balaban J connectivity index is 2.43. The maximum Gasteiger partial charge on any atom is 0.348 e. The Kier molecular flexibility index (Phi) is 3.68. The smallest absolute Gasteiger partial charge is 0.292 e. The summed E-state index contributed by atoms with van der Waals surface area (Å²) in [6, 6.07) is 8.91. The van der Waals surface area contributed by atoms with Gasteiger partial charge in [0, 0.05) is 16.4 Å². The second-order valence-corrected chi connectivity index (χ2v) is 4.73. The molecule has 19 heavy (non-hydrogen) atoms. The summed E-state index contributed by atoms with van der Waals surface area (Å²) in [4.78, 5) is 15.8. The minimum atomic E-state index is -0.294. The second kappa shape index (κ2) is 5.25. The maximum atomic E-state index is 11.9. The van der Waals surface area contributed by atoms with Crippen LogP contribution in [0.25, 0.3) is 0 Å². The second-order valence-electron chi connectivity index (χ2n) is 4.33. The molecular formula is C14H12ClN3O. The van der Waals surface area contributed by atoms with Gasteiger partial charge in [-0.15, -0.1) is 0 Å². The van der Waals surface area contributed by atoms with E-state index in [2.05, 4.69) is 4.98 Å². The molecule has 0 N–H and O–H groups in total. The van der Waals surface area contributed by atoms with Crippen LogP contribution in [0.1, 0.15) is 22.5 Å². The van der Waals surface area contributed by atoms with E-state index in [1.807, 2.05) is 19.1 Å². The summed E-state index contributed by atoms with van der Waals surface area (Å²) in [5, 5.41) is 9.27. The summed E-state index contributed by atoms with van der Waals surface area (Å²) in [6.07, 6.45) is 0. The van der Waals surface area contributed by atoms with Crippen LogP contribution in [-0.2, 0) is 6.54 Å². The van der Waals surface area contributed by atoms with Gasteiger partial charge in [0.25, 0.3) is 0 Å². The van der Waals surface area contributed by atoms with Crippen LogP contribution in [0.3, 0.4) is 0 Å². The summed E-state index contributed by atoms with van der Waals surface area (Å²) >= 11 is 6.11. The molecule has 0 spiro atoms. The Morgan fingerprint density at radius 2 is 2.11 bits per heavy atom. The first-order valence-corrected chi connectivity index (χ1v) is 6.12. The minimum absolute atomic E-state index is 0.294. The van der Waals surface area contributed by atoms with Crippen LogP contribution in [0, 0.1) is 25.2 Å². The average Bonchev–Trinajstić information content (AvgIpc) is 2.35.